The number of hydrogen-bond acceptors (Lipinski definition) is 4. The van der Waals surface area contributed by atoms with E-state index in [-0.39, 0.29) is 19.1 Å². The van der Waals surface area contributed by atoms with Gasteiger partial charge in [0, 0.05) is 26.6 Å². The van der Waals surface area contributed by atoms with Gasteiger partial charge in [0.15, 0.2) is 0 Å². The van der Waals surface area contributed by atoms with E-state index in [0.29, 0.717) is 18.6 Å². The first kappa shape index (κ1) is 15.7. The van der Waals surface area contributed by atoms with Crippen molar-refractivity contribution in [3.63, 3.8) is 0 Å². The van der Waals surface area contributed by atoms with E-state index in [9.17, 15) is 8.42 Å². The summed E-state index contributed by atoms with van der Waals surface area (Å²) >= 11 is 0. The minimum atomic E-state index is -3.50. The summed E-state index contributed by atoms with van der Waals surface area (Å²) in [6, 6.07) is 1.94. The molecule has 20 heavy (non-hydrogen) atoms. The average molecular weight is 301 g/mol. The van der Waals surface area contributed by atoms with Gasteiger partial charge < -0.3 is 4.74 Å². The van der Waals surface area contributed by atoms with Gasteiger partial charge in [-0.2, -0.15) is 22.7 Å². The Morgan fingerprint density at radius 2 is 2.10 bits per heavy atom. The van der Waals surface area contributed by atoms with Crippen molar-refractivity contribution in [1.29, 1.82) is 5.26 Å². The number of ether oxygens (including phenoxy) is 1. The van der Waals surface area contributed by atoms with E-state index in [4.69, 9.17) is 10.00 Å². The maximum atomic E-state index is 12.0. The maximum Gasteiger partial charge on any atom is 0.279 e. The molecule has 1 saturated carbocycles. The Hall–Kier alpha value is -0.680. The lowest BCUT2D eigenvalue weighted by molar-refractivity contribution is -0.0563. The van der Waals surface area contributed by atoms with Crippen LogP contribution in [0.4, 0.5) is 0 Å². The third-order valence-electron chi connectivity index (χ3n) is 3.97. The highest BCUT2D eigenvalue weighted by Crippen LogP contribution is 2.39. The standard InChI is InChI=1S/C13H23N3O3S/c1-16(9-3-8-14)20(17,18)15-10-12-4-2-5-13(19-12)11-6-7-11/h11-13,15H,2-7,9-10H2,1H3. The van der Waals surface area contributed by atoms with Crippen molar-refractivity contribution in [3.8, 4) is 6.07 Å². The van der Waals surface area contributed by atoms with Gasteiger partial charge in [-0.25, -0.2) is 0 Å². The molecule has 2 fully saturated rings. The van der Waals surface area contributed by atoms with E-state index < -0.39 is 10.2 Å². The number of nitriles is 1. The quantitative estimate of drug-likeness (QED) is 0.761. The Balaban J connectivity index is 1.77. The molecule has 0 radical (unpaired) electrons. The molecule has 2 aliphatic rings. The molecule has 0 aromatic heterocycles. The largest absolute Gasteiger partial charge is 0.373 e. The van der Waals surface area contributed by atoms with Gasteiger partial charge in [-0.15, -0.1) is 0 Å². The van der Waals surface area contributed by atoms with E-state index in [2.05, 4.69) is 4.72 Å². The van der Waals surface area contributed by atoms with Crippen molar-refractivity contribution in [3.05, 3.63) is 0 Å². The Kier molecular flexibility index (Phi) is 5.38. The zero-order chi connectivity index (χ0) is 14.6. The number of nitrogens with one attached hydrogen (secondary N) is 1. The topological polar surface area (TPSA) is 82.4 Å². The van der Waals surface area contributed by atoms with Crippen LogP contribution >= 0.6 is 0 Å². The Morgan fingerprint density at radius 1 is 1.35 bits per heavy atom. The molecule has 2 rings (SSSR count). The summed E-state index contributed by atoms with van der Waals surface area (Å²) in [6.07, 6.45) is 6.13. The third-order valence-corrected chi connectivity index (χ3v) is 5.51. The van der Waals surface area contributed by atoms with Crippen molar-refractivity contribution in [2.24, 2.45) is 5.92 Å². The van der Waals surface area contributed by atoms with Crippen molar-refractivity contribution < 1.29 is 13.2 Å². The molecular weight excluding hydrogens is 278 g/mol. The van der Waals surface area contributed by atoms with Crippen LogP contribution in [-0.4, -0.2) is 45.1 Å². The first-order valence-corrected chi connectivity index (χ1v) is 8.70. The van der Waals surface area contributed by atoms with Crippen LogP contribution in [0.3, 0.4) is 0 Å². The fourth-order valence-corrected chi connectivity index (χ4v) is 3.48. The zero-order valence-corrected chi connectivity index (χ0v) is 12.7. The minimum Gasteiger partial charge on any atom is -0.373 e. The first-order valence-electron chi connectivity index (χ1n) is 7.26. The summed E-state index contributed by atoms with van der Waals surface area (Å²) < 4.78 is 33.6. The lowest BCUT2D eigenvalue weighted by Gasteiger charge is -2.30. The zero-order valence-electron chi connectivity index (χ0n) is 11.9. The van der Waals surface area contributed by atoms with E-state index in [1.54, 1.807) is 0 Å². The van der Waals surface area contributed by atoms with Crippen LogP contribution in [0.25, 0.3) is 0 Å². The minimum absolute atomic E-state index is 0.0199. The van der Waals surface area contributed by atoms with Gasteiger partial charge in [0.25, 0.3) is 10.2 Å². The lowest BCUT2D eigenvalue weighted by Crippen LogP contribution is -2.44. The van der Waals surface area contributed by atoms with Gasteiger partial charge in [0.1, 0.15) is 0 Å². The summed E-state index contributed by atoms with van der Waals surface area (Å²) in [5, 5.41) is 8.49. The van der Waals surface area contributed by atoms with Crippen LogP contribution in [0.15, 0.2) is 0 Å². The van der Waals surface area contributed by atoms with Gasteiger partial charge >= 0.3 is 0 Å². The Morgan fingerprint density at radius 3 is 2.75 bits per heavy atom. The summed E-state index contributed by atoms with van der Waals surface area (Å²) in [5.74, 6) is 0.702. The van der Waals surface area contributed by atoms with Crippen molar-refractivity contribution in [2.75, 3.05) is 20.1 Å². The fourth-order valence-electron chi connectivity index (χ4n) is 2.53. The predicted octanol–water partition coefficient (Wildman–Crippen LogP) is 1.01. The van der Waals surface area contributed by atoms with E-state index in [0.717, 1.165) is 19.3 Å². The van der Waals surface area contributed by atoms with Crippen molar-refractivity contribution in [2.45, 2.75) is 50.7 Å². The summed E-state index contributed by atoms with van der Waals surface area (Å²) in [5.41, 5.74) is 0. The Bertz CT molecular complexity index is 456. The molecule has 0 spiro atoms. The fraction of sp³-hybridized carbons (Fsp3) is 0.923. The predicted molar refractivity (Wildman–Crippen MR) is 75.0 cm³/mol. The molecule has 114 valence electrons. The molecule has 6 nitrogen and oxygen atoms in total. The van der Waals surface area contributed by atoms with Crippen LogP contribution in [0, 0.1) is 17.2 Å². The highest BCUT2D eigenvalue weighted by Gasteiger charge is 2.35. The normalized spacial score (nSPS) is 27.4. The molecule has 7 heteroatoms. The van der Waals surface area contributed by atoms with Crippen molar-refractivity contribution in [1.82, 2.24) is 9.03 Å². The van der Waals surface area contributed by atoms with Gasteiger partial charge in [-0.1, -0.05) is 0 Å². The summed E-state index contributed by atoms with van der Waals surface area (Å²) in [4.78, 5) is 0. The van der Waals surface area contributed by atoms with Crippen LogP contribution in [0.2, 0.25) is 0 Å². The second-order valence-electron chi connectivity index (χ2n) is 5.65. The molecule has 2 unspecified atom stereocenters. The third kappa shape index (κ3) is 4.42. The first-order chi connectivity index (χ1) is 9.53. The molecular formula is C13H23N3O3S. The molecule has 1 heterocycles. The molecule has 0 bridgehead atoms. The highest BCUT2D eigenvalue weighted by atomic mass is 32.2. The van der Waals surface area contributed by atoms with Gasteiger partial charge in [-0.05, 0) is 38.0 Å². The van der Waals surface area contributed by atoms with Crippen LogP contribution < -0.4 is 4.72 Å². The van der Waals surface area contributed by atoms with Crippen LogP contribution in [0.1, 0.15) is 38.5 Å². The molecule has 0 aromatic rings. The van der Waals surface area contributed by atoms with E-state index >= 15 is 0 Å². The second-order valence-corrected chi connectivity index (χ2v) is 7.51. The summed E-state index contributed by atoms with van der Waals surface area (Å²) in [7, 11) is -2.02. The van der Waals surface area contributed by atoms with E-state index in [1.807, 2.05) is 6.07 Å². The highest BCUT2D eigenvalue weighted by molar-refractivity contribution is 7.87. The number of hydrogen-bond donors (Lipinski definition) is 1. The second kappa shape index (κ2) is 6.85. The van der Waals surface area contributed by atoms with Crippen LogP contribution in [-0.2, 0) is 14.9 Å². The van der Waals surface area contributed by atoms with Crippen molar-refractivity contribution >= 4 is 10.2 Å². The van der Waals surface area contributed by atoms with Crippen LogP contribution in [0.5, 0.6) is 0 Å². The van der Waals surface area contributed by atoms with E-state index in [1.165, 1.54) is 24.2 Å². The lowest BCUT2D eigenvalue weighted by atomic mass is 10.0. The smallest absolute Gasteiger partial charge is 0.279 e. The average Bonchev–Trinajstić information content (AvgIpc) is 3.27. The molecule has 1 saturated heterocycles. The molecule has 1 aliphatic heterocycles. The molecule has 2 atom stereocenters. The monoisotopic (exact) mass is 301 g/mol. The van der Waals surface area contributed by atoms with Gasteiger partial charge in [0.05, 0.1) is 18.3 Å². The van der Waals surface area contributed by atoms with Gasteiger partial charge in [0.2, 0.25) is 0 Å². The molecule has 0 aromatic carbocycles. The van der Waals surface area contributed by atoms with Gasteiger partial charge in [-0.3, -0.25) is 0 Å². The maximum absolute atomic E-state index is 12.0. The number of rotatable bonds is 7. The molecule has 1 aliphatic carbocycles. The SMILES string of the molecule is CN(CCC#N)S(=O)(=O)NCC1CCCC(C2CC2)O1. The molecule has 1 N–H and O–H groups in total. The summed E-state index contributed by atoms with van der Waals surface area (Å²) in [6.45, 7) is 0.532. The Labute approximate surface area is 121 Å². The number of nitrogens with zero attached hydrogens (tertiary/aromatic N) is 2. The molecule has 0 amide bonds.